The molecule has 1 N–H and O–H groups in total. The number of aliphatic hydroxyl groups is 1. The molecule has 90 valence electrons. The third kappa shape index (κ3) is 4.51. The zero-order valence-corrected chi connectivity index (χ0v) is 11.2. The van der Waals surface area contributed by atoms with Crippen molar-refractivity contribution in [1.82, 2.24) is 0 Å². The van der Waals surface area contributed by atoms with Gasteiger partial charge in [0.05, 0.1) is 16.8 Å². The Kier molecular flexibility index (Phi) is 4.76. The van der Waals surface area contributed by atoms with Gasteiger partial charge in [0, 0.05) is 6.26 Å². The van der Waals surface area contributed by atoms with E-state index in [1.165, 1.54) is 6.26 Å². The van der Waals surface area contributed by atoms with Crippen LogP contribution in [0, 0.1) is 0 Å². The molecule has 0 fully saturated rings. The van der Waals surface area contributed by atoms with Gasteiger partial charge >= 0.3 is 0 Å². The quantitative estimate of drug-likeness (QED) is 0.892. The fourth-order valence-electron chi connectivity index (χ4n) is 1.06. The van der Waals surface area contributed by atoms with Crippen LogP contribution in [-0.4, -0.2) is 32.1 Å². The Balaban J connectivity index is 2.61. The maximum Gasteiger partial charge on any atom is 0.150 e. The summed E-state index contributed by atoms with van der Waals surface area (Å²) >= 11 is 3.28. The van der Waals surface area contributed by atoms with E-state index in [4.69, 9.17) is 9.84 Å². The minimum atomic E-state index is -3.00. The molecule has 0 atom stereocenters. The van der Waals surface area contributed by atoms with E-state index in [1.54, 1.807) is 18.2 Å². The Morgan fingerprint density at radius 1 is 1.44 bits per heavy atom. The highest BCUT2D eigenvalue weighted by Gasteiger charge is 2.05. The van der Waals surface area contributed by atoms with Crippen molar-refractivity contribution in [3.63, 3.8) is 0 Å². The largest absolute Gasteiger partial charge is 0.491 e. The molecule has 1 aromatic rings. The number of halogens is 1. The molecule has 1 aromatic carbocycles. The van der Waals surface area contributed by atoms with E-state index < -0.39 is 9.84 Å². The van der Waals surface area contributed by atoms with Crippen molar-refractivity contribution in [2.45, 2.75) is 6.61 Å². The van der Waals surface area contributed by atoms with Gasteiger partial charge in [-0.2, -0.15) is 0 Å². The second-order valence-corrected chi connectivity index (χ2v) is 6.52. The molecule has 0 saturated heterocycles. The molecule has 0 spiro atoms. The van der Waals surface area contributed by atoms with E-state index in [0.717, 1.165) is 5.56 Å². The molecule has 16 heavy (non-hydrogen) atoms. The van der Waals surface area contributed by atoms with Crippen LogP contribution >= 0.6 is 15.9 Å². The average molecular weight is 309 g/mol. The maximum absolute atomic E-state index is 10.9. The van der Waals surface area contributed by atoms with E-state index in [2.05, 4.69) is 15.9 Å². The molecule has 0 radical (unpaired) electrons. The molecule has 0 saturated carbocycles. The number of hydrogen-bond acceptors (Lipinski definition) is 4. The lowest BCUT2D eigenvalue weighted by Gasteiger charge is -2.08. The maximum atomic E-state index is 10.9. The van der Waals surface area contributed by atoms with Crippen LogP contribution in [-0.2, 0) is 16.4 Å². The summed E-state index contributed by atoms with van der Waals surface area (Å²) in [6.07, 6.45) is 1.17. The molecular formula is C10H13BrO4S. The van der Waals surface area contributed by atoms with Gasteiger partial charge in [-0.25, -0.2) is 8.42 Å². The van der Waals surface area contributed by atoms with Crippen molar-refractivity contribution in [3.8, 4) is 5.75 Å². The van der Waals surface area contributed by atoms with Gasteiger partial charge in [-0.3, -0.25) is 0 Å². The first-order valence-corrected chi connectivity index (χ1v) is 7.47. The van der Waals surface area contributed by atoms with Gasteiger partial charge in [0.15, 0.2) is 9.84 Å². The fourth-order valence-corrected chi connectivity index (χ4v) is 1.99. The SMILES string of the molecule is CS(=O)(=O)CCOc1ccc(CO)cc1Br. The summed E-state index contributed by atoms with van der Waals surface area (Å²) in [5.74, 6) is 0.558. The summed E-state index contributed by atoms with van der Waals surface area (Å²) in [6, 6.07) is 5.15. The van der Waals surface area contributed by atoms with Crippen molar-refractivity contribution >= 4 is 25.8 Å². The summed E-state index contributed by atoms with van der Waals surface area (Å²) < 4.78 is 27.8. The zero-order chi connectivity index (χ0) is 12.2. The lowest BCUT2D eigenvalue weighted by atomic mass is 10.2. The van der Waals surface area contributed by atoms with Crippen LogP contribution < -0.4 is 4.74 Å². The lowest BCUT2D eigenvalue weighted by molar-refractivity contribution is 0.281. The topological polar surface area (TPSA) is 63.6 Å². The molecule has 1 rings (SSSR count). The van der Waals surface area contributed by atoms with Crippen molar-refractivity contribution < 1.29 is 18.3 Å². The molecule has 4 nitrogen and oxygen atoms in total. The molecule has 0 aliphatic rings. The van der Waals surface area contributed by atoms with Gasteiger partial charge in [-0.15, -0.1) is 0 Å². The Hall–Kier alpha value is -0.590. The van der Waals surface area contributed by atoms with Gasteiger partial charge in [-0.05, 0) is 33.6 Å². The molecule has 6 heteroatoms. The van der Waals surface area contributed by atoms with E-state index in [-0.39, 0.29) is 19.0 Å². The monoisotopic (exact) mass is 308 g/mol. The zero-order valence-electron chi connectivity index (χ0n) is 8.81. The summed E-state index contributed by atoms with van der Waals surface area (Å²) in [6.45, 7) is 0.0815. The fraction of sp³-hybridized carbons (Fsp3) is 0.400. The van der Waals surface area contributed by atoms with Crippen LogP contribution in [0.4, 0.5) is 0 Å². The summed E-state index contributed by atoms with van der Waals surface area (Å²) in [4.78, 5) is 0. The molecule has 0 heterocycles. The molecule has 0 aromatic heterocycles. The Morgan fingerprint density at radius 2 is 2.12 bits per heavy atom. The molecule has 0 aliphatic carbocycles. The van der Waals surface area contributed by atoms with Gasteiger partial charge in [0.2, 0.25) is 0 Å². The number of hydrogen-bond donors (Lipinski definition) is 1. The predicted molar refractivity (Wildman–Crippen MR) is 65.3 cm³/mol. The second kappa shape index (κ2) is 5.65. The van der Waals surface area contributed by atoms with Gasteiger partial charge in [-0.1, -0.05) is 6.07 Å². The van der Waals surface area contributed by atoms with Crippen LogP contribution in [0.25, 0.3) is 0 Å². The van der Waals surface area contributed by atoms with Crippen molar-refractivity contribution in [2.24, 2.45) is 0 Å². The van der Waals surface area contributed by atoms with Gasteiger partial charge in [0.25, 0.3) is 0 Å². The van der Waals surface area contributed by atoms with Crippen LogP contribution in [0.3, 0.4) is 0 Å². The highest BCUT2D eigenvalue weighted by Crippen LogP contribution is 2.25. The summed E-state index contributed by atoms with van der Waals surface area (Å²) in [7, 11) is -3.00. The average Bonchev–Trinajstić information content (AvgIpc) is 2.18. The molecule has 0 aliphatic heterocycles. The van der Waals surface area contributed by atoms with Crippen LogP contribution in [0.2, 0.25) is 0 Å². The van der Waals surface area contributed by atoms with Gasteiger partial charge in [0.1, 0.15) is 12.4 Å². The Bertz CT molecular complexity index is 456. The second-order valence-electron chi connectivity index (χ2n) is 3.40. The van der Waals surface area contributed by atoms with Gasteiger partial charge < -0.3 is 9.84 Å². The summed E-state index contributed by atoms with van der Waals surface area (Å²) in [5, 5.41) is 8.89. The first-order valence-electron chi connectivity index (χ1n) is 4.62. The van der Waals surface area contributed by atoms with E-state index in [1.807, 2.05) is 0 Å². The number of ether oxygens (including phenoxy) is 1. The van der Waals surface area contributed by atoms with Crippen molar-refractivity contribution in [2.75, 3.05) is 18.6 Å². The summed E-state index contributed by atoms with van der Waals surface area (Å²) in [5.41, 5.74) is 0.766. The number of rotatable bonds is 5. The number of aliphatic hydroxyl groups excluding tert-OH is 1. The Morgan fingerprint density at radius 3 is 2.62 bits per heavy atom. The Labute approximate surface area is 103 Å². The highest BCUT2D eigenvalue weighted by atomic mass is 79.9. The van der Waals surface area contributed by atoms with Crippen LogP contribution in [0.1, 0.15) is 5.56 Å². The van der Waals surface area contributed by atoms with Crippen LogP contribution in [0.5, 0.6) is 5.75 Å². The molecule has 0 amide bonds. The van der Waals surface area contributed by atoms with Crippen molar-refractivity contribution in [1.29, 1.82) is 0 Å². The normalized spacial score (nSPS) is 11.4. The smallest absolute Gasteiger partial charge is 0.150 e. The van der Waals surface area contributed by atoms with E-state index in [0.29, 0.717) is 10.2 Å². The van der Waals surface area contributed by atoms with E-state index >= 15 is 0 Å². The minimum absolute atomic E-state index is 0.0127. The van der Waals surface area contributed by atoms with Crippen LogP contribution in [0.15, 0.2) is 22.7 Å². The molecule has 0 bridgehead atoms. The number of sulfone groups is 1. The third-order valence-corrected chi connectivity index (χ3v) is 3.42. The molecule has 0 unspecified atom stereocenters. The minimum Gasteiger partial charge on any atom is -0.491 e. The number of benzene rings is 1. The standard InChI is InChI=1S/C10H13BrO4S/c1-16(13,14)5-4-15-10-3-2-8(7-12)6-9(10)11/h2-3,6,12H,4-5,7H2,1H3. The third-order valence-electron chi connectivity index (χ3n) is 1.89. The van der Waals surface area contributed by atoms with E-state index in [9.17, 15) is 8.42 Å². The highest BCUT2D eigenvalue weighted by molar-refractivity contribution is 9.10. The molecular weight excluding hydrogens is 296 g/mol. The first kappa shape index (κ1) is 13.5. The lowest BCUT2D eigenvalue weighted by Crippen LogP contribution is -2.12. The van der Waals surface area contributed by atoms with Crippen molar-refractivity contribution in [3.05, 3.63) is 28.2 Å². The predicted octanol–water partition coefficient (Wildman–Crippen LogP) is 1.36. The first-order chi connectivity index (χ1) is 7.42.